The summed E-state index contributed by atoms with van der Waals surface area (Å²) in [7, 11) is 4.20. The van der Waals surface area contributed by atoms with Crippen molar-refractivity contribution in [3.8, 4) is 0 Å². The van der Waals surface area contributed by atoms with E-state index in [0.717, 1.165) is 37.7 Å². The van der Waals surface area contributed by atoms with Crippen LogP contribution >= 0.6 is 11.3 Å². The van der Waals surface area contributed by atoms with Crippen molar-refractivity contribution in [2.45, 2.75) is 19.4 Å². The number of likely N-dealkylation sites (N-methyl/N-ethyl adjacent to an activating group) is 1. The molecule has 24 heavy (non-hydrogen) atoms. The Hall–Kier alpha value is -1.92. The van der Waals surface area contributed by atoms with Crippen molar-refractivity contribution in [2.75, 3.05) is 33.7 Å². The number of aliphatic imine (C=N–C) groups is 1. The van der Waals surface area contributed by atoms with Gasteiger partial charge < -0.3 is 15.5 Å². The molecule has 1 atom stereocenters. The zero-order chi connectivity index (χ0) is 17.2. The molecule has 0 saturated carbocycles. The largest absolute Gasteiger partial charge is 0.357 e. The Bertz CT molecular complexity index is 595. The van der Waals surface area contributed by atoms with Crippen LogP contribution in [0, 0.1) is 0 Å². The Morgan fingerprint density at radius 2 is 2.12 bits per heavy atom. The first-order valence-electron chi connectivity index (χ1n) is 8.32. The van der Waals surface area contributed by atoms with Crippen molar-refractivity contribution in [2.24, 2.45) is 4.99 Å². The van der Waals surface area contributed by atoms with Gasteiger partial charge in [0.1, 0.15) is 0 Å². The van der Waals surface area contributed by atoms with Crippen molar-refractivity contribution in [3.05, 3.63) is 52.5 Å². The zero-order valence-corrected chi connectivity index (χ0v) is 15.5. The molecule has 0 aliphatic rings. The molecule has 2 aromatic heterocycles. The van der Waals surface area contributed by atoms with Crippen molar-refractivity contribution in [1.29, 1.82) is 0 Å². The average molecular weight is 346 g/mol. The van der Waals surface area contributed by atoms with Crippen molar-refractivity contribution < 1.29 is 0 Å². The molecule has 0 aliphatic heterocycles. The van der Waals surface area contributed by atoms with Crippen LogP contribution in [0.3, 0.4) is 0 Å². The van der Waals surface area contributed by atoms with E-state index < -0.39 is 0 Å². The lowest BCUT2D eigenvalue weighted by Crippen LogP contribution is -2.39. The van der Waals surface area contributed by atoms with Crippen LogP contribution in [0.5, 0.6) is 0 Å². The van der Waals surface area contributed by atoms with Gasteiger partial charge in [-0.3, -0.25) is 9.98 Å². The Kier molecular flexibility index (Phi) is 7.71. The average Bonchev–Trinajstić information content (AvgIpc) is 3.10. The minimum atomic E-state index is 0.302. The van der Waals surface area contributed by atoms with Crippen LogP contribution in [0.2, 0.25) is 0 Å². The first kappa shape index (κ1) is 18.4. The van der Waals surface area contributed by atoms with Crippen LogP contribution in [0.1, 0.15) is 23.5 Å². The molecule has 2 rings (SSSR count). The zero-order valence-electron chi connectivity index (χ0n) is 14.7. The van der Waals surface area contributed by atoms with Crippen LogP contribution in [0.4, 0.5) is 0 Å². The summed E-state index contributed by atoms with van der Waals surface area (Å²) < 4.78 is 0. The van der Waals surface area contributed by atoms with Crippen molar-refractivity contribution in [1.82, 2.24) is 20.5 Å². The number of thiophene rings is 1. The predicted octanol–water partition coefficient (Wildman–Crippen LogP) is 2.54. The van der Waals surface area contributed by atoms with Gasteiger partial charge in [0.2, 0.25) is 0 Å². The maximum absolute atomic E-state index is 4.76. The molecule has 0 spiro atoms. The van der Waals surface area contributed by atoms with Gasteiger partial charge in [-0.25, -0.2) is 0 Å². The van der Waals surface area contributed by atoms with E-state index in [4.69, 9.17) is 4.99 Å². The normalized spacial score (nSPS) is 13.1. The minimum absolute atomic E-state index is 0.302. The van der Waals surface area contributed by atoms with E-state index >= 15 is 0 Å². The van der Waals surface area contributed by atoms with Gasteiger partial charge >= 0.3 is 0 Å². The molecule has 2 aromatic rings. The molecule has 2 N–H and O–H groups in total. The Morgan fingerprint density at radius 3 is 2.75 bits per heavy atom. The molecular formula is C18H27N5S. The Balaban J connectivity index is 1.91. The Morgan fingerprint density at radius 1 is 1.25 bits per heavy atom. The van der Waals surface area contributed by atoms with E-state index in [1.54, 1.807) is 11.3 Å². The maximum atomic E-state index is 4.76. The summed E-state index contributed by atoms with van der Waals surface area (Å²) in [5.74, 6) is 0.858. The SMILES string of the molecule is CCNC(=NCC(c1cccs1)N(C)C)NCCc1ccccn1. The highest BCUT2D eigenvalue weighted by atomic mass is 32.1. The van der Waals surface area contributed by atoms with E-state index in [0.29, 0.717) is 6.04 Å². The fraction of sp³-hybridized carbons (Fsp3) is 0.444. The van der Waals surface area contributed by atoms with Crippen LogP contribution in [-0.4, -0.2) is 49.6 Å². The van der Waals surface area contributed by atoms with Crippen LogP contribution in [0.15, 0.2) is 46.9 Å². The fourth-order valence-corrected chi connectivity index (χ4v) is 3.28. The van der Waals surface area contributed by atoms with E-state index in [-0.39, 0.29) is 0 Å². The van der Waals surface area contributed by atoms with Gasteiger partial charge in [0.25, 0.3) is 0 Å². The molecule has 6 heteroatoms. The first-order chi connectivity index (χ1) is 11.7. The van der Waals surface area contributed by atoms with E-state index in [1.807, 2.05) is 24.4 Å². The fourth-order valence-electron chi connectivity index (χ4n) is 2.36. The molecule has 0 aromatic carbocycles. The lowest BCUT2D eigenvalue weighted by Gasteiger charge is -2.22. The lowest BCUT2D eigenvalue weighted by atomic mass is 10.2. The molecular weight excluding hydrogens is 318 g/mol. The number of nitrogens with one attached hydrogen (secondary N) is 2. The molecule has 2 heterocycles. The second kappa shape index (κ2) is 10.1. The summed E-state index contributed by atoms with van der Waals surface area (Å²) in [6.45, 7) is 4.47. The number of guanidine groups is 1. The standard InChI is InChI=1S/C18H27N5S/c1-4-19-18(21-12-10-15-8-5-6-11-20-15)22-14-16(23(2)3)17-9-7-13-24-17/h5-9,11,13,16H,4,10,12,14H2,1-3H3,(H2,19,21,22). The van der Waals surface area contributed by atoms with Crippen molar-refractivity contribution >= 4 is 17.3 Å². The summed E-state index contributed by atoms with van der Waals surface area (Å²) in [6, 6.07) is 10.6. The third kappa shape index (κ3) is 5.94. The van der Waals surface area contributed by atoms with Crippen LogP contribution in [-0.2, 0) is 6.42 Å². The van der Waals surface area contributed by atoms with Gasteiger partial charge in [-0.05, 0) is 44.6 Å². The highest BCUT2D eigenvalue weighted by Crippen LogP contribution is 2.23. The summed E-state index contributed by atoms with van der Waals surface area (Å²) in [5, 5.41) is 8.82. The molecule has 0 radical (unpaired) electrons. The highest BCUT2D eigenvalue weighted by Gasteiger charge is 2.14. The molecule has 0 aliphatic carbocycles. The number of hydrogen-bond acceptors (Lipinski definition) is 4. The second-order valence-electron chi connectivity index (χ2n) is 5.71. The quantitative estimate of drug-likeness (QED) is 0.570. The summed E-state index contributed by atoms with van der Waals surface area (Å²) in [6.07, 6.45) is 2.71. The molecule has 0 amide bonds. The molecule has 0 bridgehead atoms. The number of hydrogen-bond donors (Lipinski definition) is 2. The third-order valence-corrected chi connectivity index (χ3v) is 4.63. The number of nitrogens with zero attached hydrogens (tertiary/aromatic N) is 3. The number of pyridine rings is 1. The molecule has 0 saturated heterocycles. The lowest BCUT2D eigenvalue weighted by molar-refractivity contribution is 0.310. The van der Waals surface area contributed by atoms with Gasteiger partial charge in [0.05, 0.1) is 12.6 Å². The summed E-state index contributed by atoms with van der Waals surface area (Å²) in [5.41, 5.74) is 1.09. The van der Waals surface area contributed by atoms with E-state index in [2.05, 4.69) is 59.0 Å². The number of aromatic nitrogens is 1. The highest BCUT2D eigenvalue weighted by molar-refractivity contribution is 7.10. The van der Waals surface area contributed by atoms with Gasteiger partial charge in [-0.2, -0.15) is 0 Å². The minimum Gasteiger partial charge on any atom is -0.357 e. The van der Waals surface area contributed by atoms with Gasteiger partial charge in [0, 0.05) is 36.3 Å². The van der Waals surface area contributed by atoms with E-state index in [1.165, 1.54) is 4.88 Å². The predicted molar refractivity (Wildman–Crippen MR) is 103 cm³/mol. The summed E-state index contributed by atoms with van der Waals surface area (Å²) in [4.78, 5) is 12.7. The monoisotopic (exact) mass is 345 g/mol. The van der Waals surface area contributed by atoms with E-state index in [9.17, 15) is 0 Å². The number of rotatable bonds is 8. The molecule has 130 valence electrons. The summed E-state index contributed by atoms with van der Waals surface area (Å²) >= 11 is 1.78. The molecule has 5 nitrogen and oxygen atoms in total. The topological polar surface area (TPSA) is 52.6 Å². The Labute approximate surface area is 148 Å². The van der Waals surface area contributed by atoms with Crippen LogP contribution < -0.4 is 10.6 Å². The smallest absolute Gasteiger partial charge is 0.191 e. The third-order valence-electron chi connectivity index (χ3n) is 3.66. The van der Waals surface area contributed by atoms with Gasteiger partial charge in [-0.15, -0.1) is 11.3 Å². The van der Waals surface area contributed by atoms with Crippen molar-refractivity contribution in [3.63, 3.8) is 0 Å². The van der Waals surface area contributed by atoms with Gasteiger partial charge in [-0.1, -0.05) is 12.1 Å². The second-order valence-corrected chi connectivity index (χ2v) is 6.69. The molecule has 0 fully saturated rings. The maximum Gasteiger partial charge on any atom is 0.191 e. The van der Waals surface area contributed by atoms with Crippen LogP contribution in [0.25, 0.3) is 0 Å². The first-order valence-corrected chi connectivity index (χ1v) is 9.20. The molecule has 1 unspecified atom stereocenters. The van der Waals surface area contributed by atoms with Gasteiger partial charge in [0.15, 0.2) is 5.96 Å².